The summed E-state index contributed by atoms with van der Waals surface area (Å²) in [5.74, 6) is 0. The Morgan fingerprint density at radius 1 is 1.25 bits per heavy atom. The zero-order valence-corrected chi connectivity index (χ0v) is 11.0. The minimum Gasteiger partial charge on any atom is -0.379 e. The van der Waals surface area contributed by atoms with Gasteiger partial charge >= 0.3 is 0 Å². The van der Waals surface area contributed by atoms with Gasteiger partial charge in [0.15, 0.2) is 0 Å². The third-order valence-electron chi connectivity index (χ3n) is 2.82. The molecule has 1 N–H and O–H groups in total. The molecule has 3 heteroatoms. The second-order valence-electron chi connectivity index (χ2n) is 4.79. The van der Waals surface area contributed by atoms with Crippen molar-refractivity contribution in [2.75, 3.05) is 19.8 Å². The van der Waals surface area contributed by atoms with Gasteiger partial charge in [-0.3, -0.25) is 0 Å². The number of hydrogen-bond acceptors (Lipinski definition) is 3. The minimum absolute atomic E-state index is 0.214. The van der Waals surface area contributed by atoms with Crippen LogP contribution < -0.4 is 5.32 Å². The summed E-state index contributed by atoms with van der Waals surface area (Å²) in [6, 6.07) is 0.827. The normalized spacial score (nSPS) is 19.7. The van der Waals surface area contributed by atoms with Crippen LogP contribution in [0.4, 0.5) is 0 Å². The second-order valence-corrected chi connectivity index (χ2v) is 4.79. The highest BCUT2D eigenvalue weighted by Gasteiger charge is 2.19. The van der Waals surface area contributed by atoms with Gasteiger partial charge in [-0.25, -0.2) is 0 Å². The van der Waals surface area contributed by atoms with E-state index in [1.54, 1.807) is 0 Å². The van der Waals surface area contributed by atoms with Crippen molar-refractivity contribution in [1.82, 2.24) is 5.32 Å². The fourth-order valence-corrected chi connectivity index (χ4v) is 1.77. The number of nitrogens with one attached hydrogen (secondary N) is 1. The van der Waals surface area contributed by atoms with E-state index in [9.17, 15) is 0 Å². The first-order valence-corrected chi connectivity index (χ1v) is 6.69. The van der Waals surface area contributed by atoms with Crippen LogP contribution in [-0.2, 0) is 9.47 Å². The Labute approximate surface area is 99.9 Å². The van der Waals surface area contributed by atoms with Crippen molar-refractivity contribution >= 4 is 0 Å². The van der Waals surface area contributed by atoms with Gasteiger partial charge in [0, 0.05) is 12.6 Å². The molecule has 16 heavy (non-hydrogen) atoms. The zero-order valence-electron chi connectivity index (χ0n) is 11.0. The summed E-state index contributed by atoms with van der Waals surface area (Å²) in [6.07, 6.45) is 5.65. The Kier molecular flexibility index (Phi) is 7.01. The van der Waals surface area contributed by atoms with Crippen LogP contribution >= 0.6 is 0 Å². The van der Waals surface area contributed by atoms with E-state index in [-0.39, 0.29) is 6.10 Å². The average molecular weight is 229 g/mol. The van der Waals surface area contributed by atoms with Gasteiger partial charge < -0.3 is 14.8 Å². The van der Waals surface area contributed by atoms with E-state index >= 15 is 0 Å². The van der Waals surface area contributed by atoms with Gasteiger partial charge in [0.25, 0.3) is 0 Å². The molecule has 1 rings (SSSR count). The Balaban J connectivity index is 1.89. The van der Waals surface area contributed by atoms with Gasteiger partial charge in [-0.1, -0.05) is 0 Å². The molecule has 0 bridgehead atoms. The highest BCUT2D eigenvalue weighted by atomic mass is 16.5. The molecule has 2 atom stereocenters. The molecule has 1 fully saturated rings. The molecular formula is C13H27NO2. The van der Waals surface area contributed by atoms with E-state index in [1.807, 2.05) is 6.92 Å². The summed E-state index contributed by atoms with van der Waals surface area (Å²) >= 11 is 0. The van der Waals surface area contributed by atoms with Crippen LogP contribution in [0.3, 0.4) is 0 Å². The predicted molar refractivity (Wildman–Crippen MR) is 66.8 cm³/mol. The first-order valence-electron chi connectivity index (χ1n) is 6.69. The van der Waals surface area contributed by atoms with Crippen LogP contribution in [0.5, 0.6) is 0 Å². The van der Waals surface area contributed by atoms with Crippen molar-refractivity contribution in [3.63, 3.8) is 0 Å². The molecular weight excluding hydrogens is 202 g/mol. The molecule has 0 aromatic heterocycles. The molecule has 0 spiro atoms. The molecule has 1 aliphatic carbocycles. The Morgan fingerprint density at radius 3 is 2.62 bits per heavy atom. The molecule has 0 aliphatic heterocycles. The summed E-state index contributed by atoms with van der Waals surface area (Å²) in [5, 5.41) is 3.52. The van der Waals surface area contributed by atoms with E-state index in [4.69, 9.17) is 9.47 Å². The van der Waals surface area contributed by atoms with Crippen molar-refractivity contribution in [3.05, 3.63) is 0 Å². The Bertz CT molecular complexity index is 171. The summed E-state index contributed by atoms with van der Waals surface area (Å²) in [7, 11) is 0. The molecule has 0 amide bonds. The van der Waals surface area contributed by atoms with Gasteiger partial charge in [-0.15, -0.1) is 0 Å². The highest BCUT2D eigenvalue weighted by Crippen LogP contribution is 2.18. The van der Waals surface area contributed by atoms with Gasteiger partial charge in [0.1, 0.15) is 0 Å². The second kappa shape index (κ2) is 8.04. The Hall–Kier alpha value is -0.120. The van der Waals surface area contributed by atoms with Crippen LogP contribution in [-0.4, -0.2) is 38.0 Å². The van der Waals surface area contributed by atoms with Crippen molar-refractivity contribution in [2.45, 2.75) is 64.7 Å². The van der Waals surface area contributed by atoms with E-state index in [2.05, 4.69) is 19.2 Å². The van der Waals surface area contributed by atoms with Gasteiger partial charge in [0.2, 0.25) is 0 Å². The molecule has 2 unspecified atom stereocenters. The van der Waals surface area contributed by atoms with Crippen LogP contribution in [0.15, 0.2) is 0 Å². The first kappa shape index (κ1) is 13.9. The van der Waals surface area contributed by atoms with E-state index in [0.29, 0.717) is 12.7 Å². The third kappa shape index (κ3) is 7.20. The van der Waals surface area contributed by atoms with Crippen molar-refractivity contribution in [3.8, 4) is 0 Å². The minimum atomic E-state index is 0.214. The molecule has 0 aromatic rings. The average Bonchev–Trinajstić information content (AvgIpc) is 3.05. The number of rotatable bonds is 10. The lowest BCUT2D eigenvalue weighted by molar-refractivity contribution is -0.0422. The lowest BCUT2D eigenvalue weighted by Crippen LogP contribution is -2.24. The van der Waals surface area contributed by atoms with E-state index in [0.717, 1.165) is 25.6 Å². The van der Waals surface area contributed by atoms with E-state index < -0.39 is 0 Å². The fourth-order valence-electron chi connectivity index (χ4n) is 1.77. The topological polar surface area (TPSA) is 30.5 Å². The monoisotopic (exact) mass is 229 g/mol. The smallest absolute Gasteiger partial charge is 0.0784 e. The van der Waals surface area contributed by atoms with Crippen molar-refractivity contribution in [2.24, 2.45) is 0 Å². The molecule has 0 aromatic carbocycles. The number of ether oxygens (including phenoxy) is 2. The van der Waals surface area contributed by atoms with Crippen LogP contribution in [0.1, 0.15) is 46.5 Å². The van der Waals surface area contributed by atoms with E-state index in [1.165, 1.54) is 19.3 Å². The predicted octanol–water partition coefficient (Wildman–Crippen LogP) is 2.35. The molecule has 0 saturated heterocycles. The summed E-state index contributed by atoms with van der Waals surface area (Å²) in [4.78, 5) is 0. The van der Waals surface area contributed by atoms with Gasteiger partial charge in [-0.05, 0) is 53.0 Å². The maximum absolute atomic E-state index is 5.82. The summed E-state index contributed by atoms with van der Waals surface area (Å²) in [5.41, 5.74) is 0. The lowest BCUT2D eigenvalue weighted by atomic mass is 10.2. The molecule has 0 heterocycles. The summed E-state index contributed by atoms with van der Waals surface area (Å²) < 4.78 is 11.1. The standard InChI is InChI=1S/C13H27NO2/c1-4-15-10-12(3)16-11(2)6-5-9-14-13-7-8-13/h11-14H,4-10H2,1-3H3. The van der Waals surface area contributed by atoms with Crippen molar-refractivity contribution < 1.29 is 9.47 Å². The third-order valence-corrected chi connectivity index (χ3v) is 2.82. The largest absolute Gasteiger partial charge is 0.379 e. The molecule has 1 saturated carbocycles. The lowest BCUT2D eigenvalue weighted by Gasteiger charge is -2.19. The maximum Gasteiger partial charge on any atom is 0.0784 e. The molecule has 3 nitrogen and oxygen atoms in total. The SMILES string of the molecule is CCOCC(C)OC(C)CCCNC1CC1. The first-order chi connectivity index (χ1) is 7.72. The summed E-state index contributed by atoms with van der Waals surface area (Å²) in [6.45, 7) is 8.86. The molecule has 96 valence electrons. The zero-order chi connectivity index (χ0) is 11.8. The van der Waals surface area contributed by atoms with Crippen LogP contribution in [0.25, 0.3) is 0 Å². The van der Waals surface area contributed by atoms with Gasteiger partial charge in [0.05, 0.1) is 18.8 Å². The van der Waals surface area contributed by atoms with Crippen molar-refractivity contribution in [1.29, 1.82) is 0 Å². The molecule has 0 radical (unpaired) electrons. The quantitative estimate of drug-likeness (QED) is 0.583. The number of hydrogen-bond donors (Lipinski definition) is 1. The highest BCUT2D eigenvalue weighted by molar-refractivity contribution is 4.80. The maximum atomic E-state index is 5.82. The van der Waals surface area contributed by atoms with Crippen LogP contribution in [0, 0.1) is 0 Å². The molecule has 1 aliphatic rings. The fraction of sp³-hybridized carbons (Fsp3) is 1.00. The Morgan fingerprint density at radius 2 is 2.00 bits per heavy atom. The van der Waals surface area contributed by atoms with Gasteiger partial charge in [-0.2, -0.15) is 0 Å². The van der Waals surface area contributed by atoms with Crippen LogP contribution in [0.2, 0.25) is 0 Å².